The lowest BCUT2D eigenvalue weighted by Gasteiger charge is -2.31. The summed E-state index contributed by atoms with van der Waals surface area (Å²) < 4.78 is 38.4. The van der Waals surface area contributed by atoms with Crippen molar-refractivity contribution in [3.8, 4) is 0 Å². The first kappa shape index (κ1) is 23.7. The largest absolute Gasteiger partial charge is 0.379 e. The molecule has 1 N–H and O–H groups in total. The van der Waals surface area contributed by atoms with Crippen molar-refractivity contribution in [1.29, 1.82) is 0 Å². The molecule has 1 amide bonds. The second kappa shape index (κ2) is 10.7. The van der Waals surface area contributed by atoms with Gasteiger partial charge in [0.2, 0.25) is 15.9 Å². The van der Waals surface area contributed by atoms with Gasteiger partial charge in [0.25, 0.3) is 0 Å². The molecule has 0 bridgehead atoms. The Morgan fingerprint density at radius 2 is 1.67 bits per heavy atom. The molecule has 176 valence electrons. The van der Waals surface area contributed by atoms with Gasteiger partial charge in [-0.05, 0) is 42.0 Å². The minimum Gasteiger partial charge on any atom is -0.379 e. The van der Waals surface area contributed by atoms with E-state index in [2.05, 4.69) is 10.2 Å². The van der Waals surface area contributed by atoms with Crippen LogP contribution in [0.4, 0.5) is 11.4 Å². The summed E-state index contributed by atoms with van der Waals surface area (Å²) in [5.74, 6) is -0.370. The van der Waals surface area contributed by atoms with Crippen LogP contribution in [0.5, 0.6) is 0 Å². The van der Waals surface area contributed by atoms with Crippen LogP contribution >= 0.6 is 11.6 Å². The molecular formula is C23H26ClN3O5S. The number of ether oxygens (including phenoxy) is 2. The molecule has 0 spiro atoms. The van der Waals surface area contributed by atoms with Crippen LogP contribution in [0.15, 0.2) is 53.4 Å². The van der Waals surface area contributed by atoms with Crippen LogP contribution in [0, 0.1) is 0 Å². The number of sulfonamides is 1. The van der Waals surface area contributed by atoms with E-state index in [4.69, 9.17) is 21.1 Å². The van der Waals surface area contributed by atoms with E-state index >= 15 is 0 Å². The number of morpholine rings is 2. The van der Waals surface area contributed by atoms with Gasteiger partial charge < -0.3 is 19.7 Å². The molecule has 33 heavy (non-hydrogen) atoms. The number of hydrogen-bond donors (Lipinski definition) is 1. The number of rotatable bonds is 6. The summed E-state index contributed by atoms with van der Waals surface area (Å²) in [7, 11) is -3.70. The zero-order valence-corrected chi connectivity index (χ0v) is 19.6. The number of benzene rings is 2. The van der Waals surface area contributed by atoms with Crippen LogP contribution in [-0.4, -0.2) is 71.2 Å². The van der Waals surface area contributed by atoms with Crippen LogP contribution in [-0.2, 0) is 24.3 Å². The third-order valence-corrected chi connectivity index (χ3v) is 7.59. The molecule has 10 heteroatoms. The van der Waals surface area contributed by atoms with Gasteiger partial charge in [0, 0.05) is 37.3 Å². The summed E-state index contributed by atoms with van der Waals surface area (Å²) in [6.07, 6.45) is 3.06. The Bertz CT molecular complexity index is 1130. The number of nitrogens with one attached hydrogen (secondary N) is 1. The summed E-state index contributed by atoms with van der Waals surface area (Å²) >= 11 is 6.00. The molecule has 2 aromatic rings. The Morgan fingerprint density at radius 1 is 0.970 bits per heavy atom. The minimum atomic E-state index is -3.70. The van der Waals surface area contributed by atoms with Crippen molar-refractivity contribution in [2.45, 2.75) is 4.90 Å². The SMILES string of the molecule is O=C(/C=C/c1cccc(Cl)c1)Nc1cc(S(=O)(=O)N2CCOCC2)ccc1N1CCOCC1. The topological polar surface area (TPSA) is 88.2 Å². The van der Waals surface area contributed by atoms with Gasteiger partial charge in [-0.3, -0.25) is 4.79 Å². The minimum absolute atomic E-state index is 0.135. The highest BCUT2D eigenvalue weighted by Crippen LogP contribution is 2.31. The van der Waals surface area contributed by atoms with Crippen molar-refractivity contribution in [2.75, 3.05) is 62.8 Å². The predicted molar refractivity (Wildman–Crippen MR) is 128 cm³/mol. The maximum absolute atomic E-state index is 13.2. The Labute approximate surface area is 198 Å². The lowest BCUT2D eigenvalue weighted by atomic mass is 10.2. The van der Waals surface area contributed by atoms with Crippen LogP contribution in [0.25, 0.3) is 6.08 Å². The average Bonchev–Trinajstić information content (AvgIpc) is 2.84. The first-order valence-corrected chi connectivity index (χ1v) is 12.5. The molecule has 0 aromatic heterocycles. The molecule has 2 aromatic carbocycles. The van der Waals surface area contributed by atoms with Crippen molar-refractivity contribution in [2.24, 2.45) is 0 Å². The van der Waals surface area contributed by atoms with Gasteiger partial charge in [-0.25, -0.2) is 8.42 Å². The van der Waals surface area contributed by atoms with Crippen LogP contribution in [0.3, 0.4) is 0 Å². The molecule has 0 radical (unpaired) electrons. The zero-order chi connectivity index (χ0) is 23.3. The smallest absolute Gasteiger partial charge is 0.248 e. The lowest BCUT2D eigenvalue weighted by molar-refractivity contribution is -0.111. The molecule has 2 aliphatic rings. The second-order valence-corrected chi connectivity index (χ2v) is 10.0. The van der Waals surface area contributed by atoms with Crippen molar-refractivity contribution in [3.05, 3.63) is 59.1 Å². The fourth-order valence-corrected chi connectivity index (χ4v) is 5.38. The summed E-state index contributed by atoms with van der Waals surface area (Å²) in [5, 5.41) is 3.44. The number of halogens is 1. The molecular weight excluding hydrogens is 466 g/mol. The number of nitrogens with zero attached hydrogens (tertiary/aromatic N) is 2. The molecule has 0 aliphatic carbocycles. The highest BCUT2D eigenvalue weighted by molar-refractivity contribution is 7.89. The quantitative estimate of drug-likeness (QED) is 0.625. The number of anilines is 2. The number of hydrogen-bond acceptors (Lipinski definition) is 6. The second-order valence-electron chi connectivity index (χ2n) is 7.67. The Kier molecular flexibility index (Phi) is 7.67. The van der Waals surface area contributed by atoms with Gasteiger partial charge in [-0.2, -0.15) is 4.31 Å². The van der Waals surface area contributed by atoms with E-state index in [1.807, 2.05) is 6.07 Å². The molecule has 8 nitrogen and oxygen atoms in total. The maximum atomic E-state index is 13.2. The Balaban J connectivity index is 1.61. The average molecular weight is 492 g/mol. The van der Waals surface area contributed by atoms with Crippen molar-refractivity contribution >= 4 is 45.0 Å². The Morgan fingerprint density at radius 3 is 2.36 bits per heavy atom. The third kappa shape index (κ3) is 5.93. The van der Waals surface area contributed by atoms with Gasteiger partial charge in [0.1, 0.15) is 0 Å². The summed E-state index contributed by atoms with van der Waals surface area (Å²) in [6.45, 7) is 3.76. The molecule has 2 fully saturated rings. The molecule has 2 aliphatic heterocycles. The van der Waals surface area contributed by atoms with Gasteiger partial charge in [0.15, 0.2) is 0 Å². The fourth-order valence-electron chi connectivity index (χ4n) is 3.75. The molecule has 4 rings (SSSR count). The normalized spacial score (nSPS) is 17.9. The van der Waals surface area contributed by atoms with Gasteiger partial charge in [-0.15, -0.1) is 0 Å². The van der Waals surface area contributed by atoms with E-state index in [0.29, 0.717) is 63.3 Å². The van der Waals surface area contributed by atoms with Crippen molar-refractivity contribution in [1.82, 2.24) is 4.31 Å². The van der Waals surface area contributed by atoms with E-state index in [0.717, 1.165) is 11.3 Å². The number of amides is 1. The lowest BCUT2D eigenvalue weighted by Crippen LogP contribution is -2.40. The molecule has 0 unspecified atom stereocenters. The van der Waals surface area contributed by atoms with Crippen LogP contribution in [0.2, 0.25) is 5.02 Å². The van der Waals surface area contributed by atoms with Crippen LogP contribution < -0.4 is 10.2 Å². The monoisotopic (exact) mass is 491 g/mol. The van der Waals surface area contributed by atoms with E-state index < -0.39 is 10.0 Å². The van der Waals surface area contributed by atoms with E-state index in [9.17, 15) is 13.2 Å². The highest BCUT2D eigenvalue weighted by atomic mass is 35.5. The summed E-state index contributed by atoms with van der Waals surface area (Å²) in [4.78, 5) is 14.9. The molecule has 2 heterocycles. The Hall–Kier alpha value is -2.43. The molecule has 0 saturated carbocycles. The first-order chi connectivity index (χ1) is 15.9. The number of carbonyl (C=O) groups is 1. The predicted octanol–water partition coefficient (Wildman–Crippen LogP) is 2.85. The number of carbonyl (C=O) groups excluding carboxylic acids is 1. The van der Waals surface area contributed by atoms with Gasteiger partial charge in [-0.1, -0.05) is 23.7 Å². The fraction of sp³-hybridized carbons (Fsp3) is 0.348. The standard InChI is InChI=1S/C23H26ClN3O5S/c24-19-3-1-2-18(16-19)4-7-23(28)25-21-17-20(33(29,30)27-10-14-32-15-11-27)5-6-22(21)26-8-12-31-13-9-26/h1-7,16-17H,8-15H2,(H,25,28)/b7-4+. The molecule has 2 saturated heterocycles. The maximum Gasteiger partial charge on any atom is 0.248 e. The third-order valence-electron chi connectivity index (χ3n) is 5.46. The van der Waals surface area contributed by atoms with Gasteiger partial charge >= 0.3 is 0 Å². The van der Waals surface area contributed by atoms with Gasteiger partial charge in [0.05, 0.1) is 42.7 Å². The first-order valence-electron chi connectivity index (χ1n) is 10.7. The van der Waals surface area contributed by atoms with Crippen molar-refractivity contribution < 1.29 is 22.7 Å². The summed E-state index contributed by atoms with van der Waals surface area (Å²) in [5.41, 5.74) is 1.98. The van der Waals surface area contributed by atoms with E-state index in [1.165, 1.54) is 16.4 Å². The van der Waals surface area contributed by atoms with E-state index in [-0.39, 0.29) is 10.8 Å². The zero-order valence-electron chi connectivity index (χ0n) is 18.1. The van der Waals surface area contributed by atoms with Crippen molar-refractivity contribution in [3.63, 3.8) is 0 Å². The summed E-state index contributed by atoms with van der Waals surface area (Å²) in [6, 6.07) is 12.0. The molecule has 0 atom stereocenters. The highest BCUT2D eigenvalue weighted by Gasteiger charge is 2.28. The van der Waals surface area contributed by atoms with E-state index in [1.54, 1.807) is 36.4 Å². The van der Waals surface area contributed by atoms with Crippen LogP contribution in [0.1, 0.15) is 5.56 Å².